The maximum atomic E-state index is 11.1. The summed E-state index contributed by atoms with van der Waals surface area (Å²) < 4.78 is 10.5. The van der Waals surface area contributed by atoms with Crippen LogP contribution >= 0.6 is 12.4 Å². The molecule has 0 saturated carbocycles. The van der Waals surface area contributed by atoms with E-state index in [1.165, 1.54) is 6.92 Å². The normalized spacial score (nSPS) is 16.3. The molecule has 0 aromatic heterocycles. The van der Waals surface area contributed by atoms with Crippen molar-refractivity contribution in [3.05, 3.63) is 23.8 Å². The van der Waals surface area contributed by atoms with Crippen LogP contribution in [0.4, 0.5) is 0 Å². The number of methoxy groups -OCH3 is 1. The summed E-state index contributed by atoms with van der Waals surface area (Å²) in [6.07, 6.45) is 0.663. The van der Waals surface area contributed by atoms with E-state index in [1.54, 1.807) is 13.2 Å². The number of aliphatic hydroxyl groups is 1. The van der Waals surface area contributed by atoms with Gasteiger partial charge in [0.1, 0.15) is 0 Å². The van der Waals surface area contributed by atoms with Gasteiger partial charge in [-0.1, -0.05) is 6.07 Å². The number of halogens is 1. The molecule has 1 saturated heterocycles. The highest BCUT2D eigenvalue weighted by molar-refractivity contribution is 5.85. The second-order valence-electron chi connectivity index (χ2n) is 5.32. The smallest absolute Gasteiger partial charge is 0.308 e. The number of benzene rings is 1. The molecule has 0 amide bonds. The fourth-order valence-corrected chi connectivity index (χ4v) is 2.81. The summed E-state index contributed by atoms with van der Waals surface area (Å²) in [6.45, 7) is 5.28. The number of aliphatic hydroxyl groups excluding tert-OH is 1. The van der Waals surface area contributed by atoms with Crippen molar-refractivity contribution in [3.63, 3.8) is 0 Å². The van der Waals surface area contributed by atoms with Gasteiger partial charge in [-0.05, 0) is 24.1 Å². The van der Waals surface area contributed by atoms with Gasteiger partial charge in [-0.15, -0.1) is 12.4 Å². The van der Waals surface area contributed by atoms with Gasteiger partial charge in [-0.25, -0.2) is 0 Å². The van der Waals surface area contributed by atoms with Gasteiger partial charge in [0.25, 0.3) is 0 Å². The average molecular weight is 345 g/mol. The molecule has 1 aliphatic heterocycles. The van der Waals surface area contributed by atoms with Crippen LogP contribution in [0.1, 0.15) is 24.9 Å². The number of esters is 1. The zero-order valence-electron chi connectivity index (χ0n) is 13.6. The molecule has 0 bridgehead atoms. The lowest BCUT2D eigenvalue weighted by Gasteiger charge is -2.35. The molecular weight excluding hydrogens is 320 g/mol. The second-order valence-corrected chi connectivity index (χ2v) is 5.32. The Hall–Kier alpha value is -1.34. The minimum absolute atomic E-state index is 0. The van der Waals surface area contributed by atoms with Crippen molar-refractivity contribution in [2.75, 3.05) is 39.9 Å². The molecular formula is C16H25ClN2O4. The number of nitrogens with one attached hydrogen (secondary N) is 1. The number of piperazine rings is 1. The quantitative estimate of drug-likeness (QED) is 0.600. The van der Waals surface area contributed by atoms with E-state index in [9.17, 15) is 9.90 Å². The lowest BCUT2D eigenvalue weighted by atomic mass is 10.0. The molecule has 23 heavy (non-hydrogen) atoms. The average Bonchev–Trinajstić information content (AvgIpc) is 2.53. The summed E-state index contributed by atoms with van der Waals surface area (Å²) in [6, 6.07) is 5.71. The molecule has 2 rings (SSSR count). The van der Waals surface area contributed by atoms with Crippen molar-refractivity contribution in [2.24, 2.45) is 0 Å². The maximum absolute atomic E-state index is 11.1. The van der Waals surface area contributed by atoms with Crippen molar-refractivity contribution < 1.29 is 19.4 Å². The summed E-state index contributed by atoms with van der Waals surface area (Å²) in [4.78, 5) is 13.5. The lowest BCUT2D eigenvalue weighted by Crippen LogP contribution is -2.45. The topological polar surface area (TPSA) is 71.0 Å². The number of hydrogen-bond acceptors (Lipinski definition) is 6. The summed E-state index contributed by atoms with van der Waals surface area (Å²) >= 11 is 0. The first-order valence-corrected chi connectivity index (χ1v) is 7.57. The molecule has 7 heteroatoms. The van der Waals surface area contributed by atoms with Crippen molar-refractivity contribution >= 4 is 18.4 Å². The van der Waals surface area contributed by atoms with E-state index in [4.69, 9.17) is 9.47 Å². The Morgan fingerprint density at radius 2 is 2.04 bits per heavy atom. The number of carbonyl (C=O) groups is 1. The first kappa shape index (κ1) is 19.7. The molecule has 6 nitrogen and oxygen atoms in total. The largest absolute Gasteiger partial charge is 0.493 e. The summed E-state index contributed by atoms with van der Waals surface area (Å²) in [5, 5.41) is 12.7. The fourth-order valence-electron chi connectivity index (χ4n) is 2.81. The van der Waals surface area contributed by atoms with Crippen LogP contribution in [-0.2, 0) is 4.79 Å². The van der Waals surface area contributed by atoms with Crippen LogP contribution < -0.4 is 14.8 Å². The van der Waals surface area contributed by atoms with Gasteiger partial charge in [0, 0.05) is 45.8 Å². The Kier molecular flexibility index (Phi) is 8.33. The van der Waals surface area contributed by atoms with Gasteiger partial charge in [0.15, 0.2) is 11.5 Å². The van der Waals surface area contributed by atoms with Gasteiger partial charge in [-0.2, -0.15) is 0 Å². The van der Waals surface area contributed by atoms with Crippen LogP contribution in [0.3, 0.4) is 0 Å². The molecule has 0 spiro atoms. The van der Waals surface area contributed by atoms with Gasteiger partial charge in [0.05, 0.1) is 7.11 Å². The Bertz CT molecular complexity index is 507. The number of hydrogen-bond donors (Lipinski definition) is 2. The number of carbonyl (C=O) groups excluding carboxylic acids is 1. The number of nitrogens with zero attached hydrogens (tertiary/aromatic N) is 1. The van der Waals surface area contributed by atoms with Crippen LogP contribution in [0.15, 0.2) is 18.2 Å². The molecule has 2 N–H and O–H groups in total. The highest BCUT2D eigenvalue weighted by atomic mass is 35.5. The van der Waals surface area contributed by atoms with E-state index >= 15 is 0 Å². The SMILES string of the molecule is COc1cc([C@H](CCO)N2CCNCC2)ccc1OC(C)=O.Cl. The molecule has 1 aromatic carbocycles. The van der Waals surface area contributed by atoms with Gasteiger partial charge < -0.3 is 19.9 Å². The van der Waals surface area contributed by atoms with Crippen molar-refractivity contribution in [3.8, 4) is 11.5 Å². The Balaban J connectivity index is 0.00000264. The fraction of sp³-hybridized carbons (Fsp3) is 0.562. The zero-order valence-corrected chi connectivity index (χ0v) is 14.4. The van der Waals surface area contributed by atoms with Gasteiger partial charge in [-0.3, -0.25) is 9.69 Å². The van der Waals surface area contributed by atoms with Gasteiger partial charge in [0.2, 0.25) is 0 Å². The highest BCUT2D eigenvalue weighted by Crippen LogP contribution is 2.33. The third-order valence-electron chi connectivity index (χ3n) is 3.82. The van der Waals surface area contributed by atoms with E-state index in [-0.39, 0.29) is 31.0 Å². The van der Waals surface area contributed by atoms with Crippen LogP contribution in [0, 0.1) is 0 Å². The summed E-state index contributed by atoms with van der Waals surface area (Å²) in [5.74, 6) is 0.577. The lowest BCUT2D eigenvalue weighted by molar-refractivity contribution is -0.132. The molecule has 0 unspecified atom stereocenters. The third-order valence-corrected chi connectivity index (χ3v) is 3.82. The van der Waals surface area contributed by atoms with Crippen molar-refractivity contribution in [2.45, 2.75) is 19.4 Å². The van der Waals surface area contributed by atoms with Crippen LogP contribution in [0.25, 0.3) is 0 Å². The standard InChI is InChI=1S/C16H24N2O4.ClH/c1-12(20)22-15-4-3-13(11-16(15)21-2)14(5-10-19)18-8-6-17-7-9-18;/h3-4,11,14,17,19H,5-10H2,1-2H3;1H/t14-;/m0./s1. The van der Waals surface area contributed by atoms with E-state index in [2.05, 4.69) is 10.2 Å². The molecule has 1 fully saturated rings. The highest BCUT2D eigenvalue weighted by Gasteiger charge is 2.23. The monoisotopic (exact) mass is 344 g/mol. The molecule has 1 aliphatic rings. The maximum Gasteiger partial charge on any atom is 0.308 e. The predicted molar refractivity (Wildman–Crippen MR) is 90.4 cm³/mol. The zero-order chi connectivity index (χ0) is 15.9. The summed E-state index contributed by atoms with van der Waals surface area (Å²) in [5.41, 5.74) is 1.06. The van der Waals surface area contributed by atoms with Crippen molar-refractivity contribution in [1.82, 2.24) is 10.2 Å². The first-order valence-electron chi connectivity index (χ1n) is 7.57. The molecule has 1 heterocycles. The minimum Gasteiger partial charge on any atom is -0.493 e. The molecule has 1 aromatic rings. The van der Waals surface area contributed by atoms with Crippen LogP contribution in [-0.4, -0.2) is 55.9 Å². The minimum atomic E-state index is -0.375. The van der Waals surface area contributed by atoms with Crippen molar-refractivity contribution in [1.29, 1.82) is 0 Å². The molecule has 130 valence electrons. The second kappa shape index (κ2) is 9.72. The molecule has 0 radical (unpaired) electrons. The van der Waals surface area contributed by atoms with Crippen LogP contribution in [0.5, 0.6) is 11.5 Å². The Morgan fingerprint density at radius 1 is 1.35 bits per heavy atom. The Morgan fingerprint density at radius 3 is 2.61 bits per heavy atom. The third kappa shape index (κ3) is 5.35. The molecule has 0 aliphatic carbocycles. The van der Waals surface area contributed by atoms with E-state index in [0.717, 1.165) is 31.7 Å². The Labute approximate surface area is 143 Å². The number of rotatable bonds is 6. The predicted octanol–water partition coefficient (Wildman–Crippen LogP) is 1.37. The van der Waals surface area contributed by atoms with E-state index < -0.39 is 0 Å². The van der Waals surface area contributed by atoms with Crippen LogP contribution in [0.2, 0.25) is 0 Å². The van der Waals surface area contributed by atoms with Gasteiger partial charge >= 0.3 is 5.97 Å². The number of ether oxygens (including phenoxy) is 2. The van der Waals surface area contributed by atoms with E-state index in [0.29, 0.717) is 17.9 Å². The first-order chi connectivity index (χ1) is 10.7. The van der Waals surface area contributed by atoms with E-state index in [1.807, 2.05) is 12.1 Å². The molecule has 1 atom stereocenters. The summed E-state index contributed by atoms with van der Waals surface area (Å²) in [7, 11) is 1.55.